The molecule has 3 aliphatic rings. The molecule has 4 aromatic rings. The summed E-state index contributed by atoms with van der Waals surface area (Å²) in [7, 11) is 3.58. The van der Waals surface area contributed by atoms with Gasteiger partial charge < -0.3 is 19.3 Å². The lowest BCUT2D eigenvalue weighted by atomic mass is 9.83. The summed E-state index contributed by atoms with van der Waals surface area (Å²) in [5.41, 5.74) is 14.0. The van der Waals surface area contributed by atoms with Crippen molar-refractivity contribution in [3.63, 3.8) is 0 Å². The van der Waals surface area contributed by atoms with Gasteiger partial charge in [0.05, 0.1) is 0 Å². The number of methoxy groups -OCH3 is 2. The van der Waals surface area contributed by atoms with E-state index < -0.39 is 0 Å². The number of hydrogen-bond donors (Lipinski definition) is 0. The Balaban J connectivity index is 1.39. The summed E-state index contributed by atoms with van der Waals surface area (Å²) >= 11 is 0. The van der Waals surface area contributed by atoms with Crippen LogP contribution in [0.5, 0.6) is 0 Å². The van der Waals surface area contributed by atoms with Gasteiger partial charge >= 0.3 is 0 Å². The van der Waals surface area contributed by atoms with Crippen molar-refractivity contribution in [1.29, 1.82) is 0 Å². The largest absolute Gasteiger partial charge is 0.385 e. The van der Waals surface area contributed by atoms with Crippen LogP contribution in [-0.2, 0) is 20.3 Å². The summed E-state index contributed by atoms with van der Waals surface area (Å²) in [5, 5.41) is 0. The Bertz CT molecular complexity index is 1950. The maximum atomic E-state index is 5.49. The van der Waals surface area contributed by atoms with E-state index in [1.54, 1.807) is 14.2 Å². The van der Waals surface area contributed by atoms with Crippen LogP contribution in [0.3, 0.4) is 0 Å². The molecule has 0 aromatic heterocycles. The number of benzene rings is 4. The molecule has 278 valence electrons. The Labute approximate surface area is 323 Å². The number of rotatable bonds is 12. The summed E-state index contributed by atoms with van der Waals surface area (Å²) < 4.78 is 13.4. The van der Waals surface area contributed by atoms with Crippen molar-refractivity contribution in [3.05, 3.63) is 167 Å². The van der Waals surface area contributed by atoms with Crippen LogP contribution in [0.4, 0.5) is 22.7 Å². The van der Waals surface area contributed by atoms with Crippen molar-refractivity contribution >= 4 is 28.5 Å². The lowest BCUT2D eigenvalue weighted by Crippen LogP contribution is -2.27. The fourth-order valence-corrected chi connectivity index (χ4v) is 8.74. The Hall–Kier alpha value is -4.97. The Kier molecular flexibility index (Phi) is 11.2. The first-order valence-corrected chi connectivity index (χ1v) is 19.6. The third-order valence-electron chi connectivity index (χ3n) is 11.5. The summed E-state index contributed by atoms with van der Waals surface area (Å²) in [6, 6.07) is 39.5. The Morgan fingerprint density at radius 1 is 0.537 bits per heavy atom. The minimum atomic E-state index is -0.129. The zero-order valence-electron chi connectivity index (χ0n) is 33.0. The average Bonchev–Trinajstić information content (AvgIpc) is 3.75. The summed E-state index contributed by atoms with van der Waals surface area (Å²) in [4.78, 5) is 5.04. The van der Waals surface area contributed by atoms with Crippen LogP contribution < -0.4 is 14.4 Å². The van der Waals surface area contributed by atoms with Crippen LogP contribution in [0.25, 0.3) is 0 Å². The van der Waals surface area contributed by atoms with Gasteiger partial charge in [0.1, 0.15) is 0 Å². The van der Waals surface area contributed by atoms with Crippen LogP contribution in [0.15, 0.2) is 156 Å². The van der Waals surface area contributed by atoms with Crippen LogP contribution >= 0.6 is 0 Å². The van der Waals surface area contributed by atoms with Gasteiger partial charge in [-0.1, -0.05) is 113 Å². The lowest BCUT2D eigenvalue weighted by Gasteiger charge is -2.27. The van der Waals surface area contributed by atoms with E-state index in [0.29, 0.717) is 0 Å². The van der Waals surface area contributed by atoms with Gasteiger partial charge in [-0.3, -0.25) is 0 Å². The van der Waals surface area contributed by atoms with Crippen molar-refractivity contribution in [2.24, 2.45) is 0 Å². The molecule has 0 unspecified atom stereocenters. The molecule has 0 atom stereocenters. The normalized spacial score (nSPS) is 20.1. The molecule has 1 aliphatic carbocycles. The fourth-order valence-electron chi connectivity index (χ4n) is 8.74. The topological polar surface area (TPSA) is 28.0 Å². The summed E-state index contributed by atoms with van der Waals surface area (Å²) in [6.45, 7) is 12.8. The zero-order valence-corrected chi connectivity index (χ0v) is 33.0. The molecule has 5 heteroatoms. The van der Waals surface area contributed by atoms with Gasteiger partial charge in [-0.05, 0) is 61.1 Å². The fraction of sp³-hybridized carbons (Fsp3) is 0.327. The van der Waals surface area contributed by atoms with Crippen molar-refractivity contribution in [3.8, 4) is 0 Å². The van der Waals surface area contributed by atoms with Gasteiger partial charge in [-0.25, -0.2) is 0 Å². The van der Waals surface area contributed by atoms with E-state index in [2.05, 4.69) is 176 Å². The lowest BCUT2D eigenvalue weighted by molar-refractivity contribution is 0.196. The highest BCUT2D eigenvalue weighted by atomic mass is 16.5. The molecule has 2 heterocycles. The predicted molar refractivity (Wildman–Crippen MR) is 228 cm³/mol. The SMILES string of the molecule is COCCCN1C(=CC=C2CCC(=CC=C3N(CCCOC)c4ccccc4C3(C)C)C2=[N+](c2ccccc2)c2ccccc2)C(C)(C)c2ccccc21. The first-order valence-electron chi connectivity index (χ1n) is 19.6. The molecule has 0 spiro atoms. The molecule has 5 nitrogen and oxygen atoms in total. The van der Waals surface area contributed by atoms with E-state index >= 15 is 0 Å². The molecule has 54 heavy (non-hydrogen) atoms. The molecule has 1 saturated carbocycles. The molecule has 0 N–H and O–H groups in total. The number of anilines is 2. The zero-order chi connectivity index (χ0) is 37.7. The molecular formula is C49H56N3O2+. The highest BCUT2D eigenvalue weighted by Gasteiger charge is 2.41. The monoisotopic (exact) mass is 718 g/mol. The third-order valence-corrected chi connectivity index (χ3v) is 11.5. The van der Waals surface area contributed by atoms with Crippen LogP contribution in [0, 0.1) is 0 Å². The Morgan fingerprint density at radius 2 is 0.926 bits per heavy atom. The van der Waals surface area contributed by atoms with Gasteiger partial charge in [0.25, 0.3) is 0 Å². The van der Waals surface area contributed by atoms with Crippen molar-refractivity contribution in [1.82, 2.24) is 4.58 Å². The molecule has 0 saturated heterocycles. The molecule has 4 aromatic carbocycles. The van der Waals surface area contributed by atoms with E-state index in [0.717, 1.165) is 63.4 Å². The van der Waals surface area contributed by atoms with Crippen LogP contribution in [0.1, 0.15) is 64.5 Å². The number of para-hydroxylation sites is 4. The van der Waals surface area contributed by atoms with E-state index in [4.69, 9.17) is 9.47 Å². The first-order chi connectivity index (χ1) is 26.3. The van der Waals surface area contributed by atoms with Gasteiger partial charge in [-0.2, -0.15) is 4.58 Å². The standard InChI is InChI=1S/C49H56N3O2/c1-48(2)41-23-13-15-25-43(41)50(33-17-35-53-5)45(48)31-29-37-27-28-38(47(37)52(39-19-9-7-10-20-39)40-21-11-8-12-22-40)30-32-46-49(3,4)42-24-14-16-26-44(42)51(46)34-18-36-54-6/h7-16,19-26,29-32H,17-18,27-28,33-36H2,1-6H3/q+1. The van der Waals surface area contributed by atoms with E-state index in [-0.39, 0.29) is 10.8 Å². The minimum Gasteiger partial charge on any atom is -0.385 e. The maximum Gasteiger partial charge on any atom is 0.218 e. The molecule has 7 rings (SSSR count). The molecule has 0 bridgehead atoms. The molecule has 1 fully saturated rings. The van der Waals surface area contributed by atoms with Crippen LogP contribution in [-0.4, -0.2) is 46.2 Å². The van der Waals surface area contributed by atoms with Gasteiger partial charge in [-0.15, -0.1) is 0 Å². The average molecular weight is 719 g/mol. The van der Waals surface area contributed by atoms with Gasteiger partial charge in [0.2, 0.25) is 17.1 Å². The minimum absolute atomic E-state index is 0.129. The van der Waals surface area contributed by atoms with E-state index in [1.165, 1.54) is 50.8 Å². The highest BCUT2D eigenvalue weighted by Crippen LogP contribution is 2.49. The van der Waals surface area contributed by atoms with Crippen molar-refractivity contribution in [2.75, 3.05) is 50.3 Å². The summed E-state index contributed by atoms with van der Waals surface area (Å²) in [6.07, 6.45) is 13.5. The van der Waals surface area contributed by atoms with E-state index in [9.17, 15) is 0 Å². The molecule has 0 amide bonds. The molecule has 2 aliphatic heterocycles. The smallest absolute Gasteiger partial charge is 0.218 e. The van der Waals surface area contributed by atoms with Gasteiger partial charge in [0, 0.05) is 110 Å². The number of fused-ring (bicyclic) bond motifs is 2. The maximum absolute atomic E-state index is 5.49. The van der Waals surface area contributed by atoms with E-state index in [1.807, 2.05) is 0 Å². The quantitative estimate of drug-likeness (QED) is 0.108. The number of nitrogens with zero attached hydrogens (tertiary/aromatic N) is 3. The third kappa shape index (κ3) is 7.15. The van der Waals surface area contributed by atoms with Crippen molar-refractivity contribution in [2.45, 2.75) is 64.2 Å². The van der Waals surface area contributed by atoms with Gasteiger partial charge in [0.15, 0.2) is 0 Å². The van der Waals surface area contributed by atoms with Crippen molar-refractivity contribution < 1.29 is 9.47 Å². The highest BCUT2D eigenvalue weighted by molar-refractivity contribution is 6.17. The second-order valence-electron chi connectivity index (χ2n) is 15.6. The van der Waals surface area contributed by atoms with Crippen LogP contribution in [0.2, 0.25) is 0 Å². The second kappa shape index (κ2) is 16.2. The number of ether oxygens (including phenoxy) is 2. The summed E-state index contributed by atoms with van der Waals surface area (Å²) in [5.74, 6) is 0. The predicted octanol–water partition coefficient (Wildman–Crippen LogP) is 11.0. The number of allylic oxidation sites excluding steroid dienone is 8. The Morgan fingerprint density at radius 3 is 1.33 bits per heavy atom. The molecule has 0 radical (unpaired) electrons. The molecular weight excluding hydrogens is 663 g/mol. The first kappa shape index (κ1) is 37.3. The second-order valence-corrected chi connectivity index (χ2v) is 15.6. The number of hydrogen-bond acceptors (Lipinski definition) is 4.